The molecule has 0 radical (unpaired) electrons. The van der Waals surface area contributed by atoms with Gasteiger partial charge in [-0.05, 0) is 19.1 Å². The fraction of sp³-hybridized carbons (Fsp3) is 0.478. The highest BCUT2D eigenvalue weighted by atomic mass is 19.3. The summed E-state index contributed by atoms with van der Waals surface area (Å²) in [6, 6.07) is 7.59. The van der Waals surface area contributed by atoms with Crippen LogP contribution in [-0.4, -0.2) is 99.2 Å². The van der Waals surface area contributed by atoms with Crippen LogP contribution in [0.5, 0.6) is 0 Å². The van der Waals surface area contributed by atoms with E-state index >= 15 is 0 Å². The number of morpholine rings is 1. The van der Waals surface area contributed by atoms with Gasteiger partial charge in [-0.3, -0.25) is 9.36 Å². The van der Waals surface area contributed by atoms with Crippen LogP contribution in [0.4, 0.5) is 20.5 Å². The molecule has 1 aliphatic rings. The lowest BCUT2D eigenvalue weighted by Gasteiger charge is -2.29. The zero-order valence-electron chi connectivity index (χ0n) is 19.8. The third kappa shape index (κ3) is 5.53. The van der Waals surface area contributed by atoms with Gasteiger partial charge in [0.15, 0.2) is 5.82 Å². The Morgan fingerprint density at radius 3 is 2.44 bits per heavy atom. The number of nitrogens with zero attached hydrogens (tertiary/aromatic N) is 6. The molecule has 3 aromatic rings. The topological polar surface area (TPSA) is 129 Å². The number of ether oxygens (including phenoxy) is 1. The number of anilines is 2. The van der Waals surface area contributed by atoms with Gasteiger partial charge in [-0.15, -0.1) is 0 Å². The molecule has 0 unspecified atom stereocenters. The molecule has 13 heteroatoms. The number of hydrogen-bond acceptors (Lipinski definition) is 9. The number of carbonyl (C=O) groups is 1. The summed E-state index contributed by atoms with van der Waals surface area (Å²) in [7, 11) is 0. The van der Waals surface area contributed by atoms with Crippen molar-refractivity contribution in [1.82, 2.24) is 24.4 Å². The number of hydrogen-bond donors (Lipinski definition) is 3. The summed E-state index contributed by atoms with van der Waals surface area (Å²) in [4.78, 5) is 29.3. The van der Waals surface area contributed by atoms with Gasteiger partial charge in [0.05, 0.1) is 37.5 Å². The predicted molar refractivity (Wildman–Crippen MR) is 128 cm³/mol. The van der Waals surface area contributed by atoms with Crippen LogP contribution in [0.25, 0.3) is 16.9 Å². The Kier molecular flexibility index (Phi) is 8.23. The molecule has 11 nitrogen and oxygen atoms in total. The Morgan fingerprint density at radius 2 is 1.78 bits per heavy atom. The van der Waals surface area contributed by atoms with E-state index < -0.39 is 18.3 Å². The van der Waals surface area contributed by atoms with Gasteiger partial charge in [-0.1, -0.05) is 12.1 Å². The van der Waals surface area contributed by atoms with Crippen LogP contribution in [0.3, 0.4) is 0 Å². The number of nitrogens with one attached hydrogen (secondary N) is 1. The molecule has 1 atom stereocenters. The van der Waals surface area contributed by atoms with Gasteiger partial charge in [0.25, 0.3) is 6.43 Å². The van der Waals surface area contributed by atoms with Crippen LogP contribution < -0.4 is 10.2 Å². The maximum Gasteiger partial charge on any atom is 0.296 e. The number of para-hydroxylation sites is 2. The van der Waals surface area contributed by atoms with E-state index in [-0.39, 0.29) is 44.0 Å². The van der Waals surface area contributed by atoms with E-state index in [4.69, 9.17) is 4.74 Å². The molecule has 3 heterocycles. The fourth-order valence-electron chi connectivity index (χ4n) is 4.09. The van der Waals surface area contributed by atoms with Crippen LogP contribution in [0.15, 0.2) is 30.3 Å². The first kappa shape index (κ1) is 25.7. The van der Waals surface area contributed by atoms with Crippen molar-refractivity contribution < 1.29 is 28.5 Å². The fourth-order valence-corrected chi connectivity index (χ4v) is 4.09. The van der Waals surface area contributed by atoms with Crippen molar-refractivity contribution in [2.75, 3.05) is 62.8 Å². The van der Waals surface area contributed by atoms with Crippen LogP contribution in [0.1, 0.15) is 19.2 Å². The van der Waals surface area contributed by atoms with Crippen molar-refractivity contribution >= 4 is 28.7 Å². The molecule has 0 bridgehead atoms. The summed E-state index contributed by atoms with van der Waals surface area (Å²) in [5.74, 6) is -0.0802. The van der Waals surface area contributed by atoms with E-state index in [9.17, 15) is 23.8 Å². The number of aromatic nitrogens is 4. The van der Waals surface area contributed by atoms with Crippen LogP contribution >= 0.6 is 0 Å². The quantitative estimate of drug-likeness (QED) is 0.372. The van der Waals surface area contributed by atoms with E-state index in [2.05, 4.69) is 20.3 Å². The first-order chi connectivity index (χ1) is 17.4. The number of rotatable bonds is 10. The molecule has 0 saturated carbocycles. The van der Waals surface area contributed by atoms with Crippen molar-refractivity contribution in [2.24, 2.45) is 0 Å². The molecule has 0 aliphatic carbocycles. The first-order valence-electron chi connectivity index (χ1n) is 11.7. The van der Waals surface area contributed by atoms with Crippen molar-refractivity contribution in [3.8, 4) is 5.82 Å². The van der Waals surface area contributed by atoms with Gasteiger partial charge in [0.1, 0.15) is 17.7 Å². The lowest BCUT2D eigenvalue weighted by Crippen LogP contribution is -2.44. The number of fused-ring (bicyclic) bond motifs is 1. The van der Waals surface area contributed by atoms with Crippen molar-refractivity contribution in [2.45, 2.75) is 19.4 Å². The average Bonchev–Trinajstić information content (AvgIpc) is 3.28. The number of alkyl halides is 2. The van der Waals surface area contributed by atoms with E-state index in [1.54, 1.807) is 37.3 Å². The first-order valence-corrected chi connectivity index (χ1v) is 11.7. The van der Waals surface area contributed by atoms with E-state index in [0.29, 0.717) is 43.2 Å². The van der Waals surface area contributed by atoms with Gasteiger partial charge in [0.2, 0.25) is 11.9 Å². The number of imidazole rings is 1. The molecule has 1 aliphatic heterocycles. The molecular weight excluding hydrogens is 476 g/mol. The average molecular weight is 506 g/mol. The van der Waals surface area contributed by atoms with Crippen LogP contribution in [0.2, 0.25) is 0 Å². The molecule has 4 rings (SSSR count). The van der Waals surface area contributed by atoms with Gasteiger partial charge in [0, 0.05) is 32.2 Å². The van der Waals surface area contributed by atoms with Crippen molar-refractivity contribution in [3.63, 3.8) is 0 Å². The lowest BCUT2D eigenvalue weighted by atomic mass is 10.2. The van der Waals surface area contributed by atoms with Crippen molar-refractivity contribution in [1.29, 1.82) is 0 Å². The maximum atomic E-state index is 14.0. The Bertz CT molecular complexity index is 1180. The molecule has 194 valence electrons. The molecule has 0 spiro atoms. The van der Waals surface area contributed by atoms with E-state index in [1.807, 2.05) is 4.90 Å². The predicted octanol–water partition coefficient (Wildman–Crippen LogP) is 1.20. The zero-order chi connectivity index (χ0) is 25.7. The summed E-state index contributed by atoms with van der Waals surface area (Å²) in [6.45, 7) is 3.30. The molecule has 36 heavy (non-hydrogen) atoms. The molecule has 1 amide bonds. The third-order valence-corrected chi connectivity index (χ3v) is 5.81. The van der Waals surface area contributed by atoms with Crippen LogP contribution in [-0.2, 0) is 9.53 Å². The standard InChI is InChI=1S/C23H29F2N7O4/c1-15(22(35)31(6-10-33)7-11-34)26-23-28-18(30-8-12-36-13-9-30)14-19(29-23)32-17-5-3-2-4-16(17)27-21(32)20(24)25/h2-5,14-15,20,33-34H,6-13H2,1H3,(H,26,28,29)/t15-/m0/s1. The van der Waals surface area contributed by atoms with Gasteiger partial charge < -0.3 is 30.1 Å². The molecule has 3 N–H and O–H groups in total. The number of amides is 1. The highest BCUT2D eigenvalue weighted by Crippen LogP contribution is 2.29. The number of benzene rings is 1. The minimum absolute atomic E-state index is 0.0596. The second-order valence-electron chi connectivity index (χ2n) is 8.24. The van der Waals surface area contributed by atoms with Crippen molar-refractivity contribution in [3.05, 3.63) is 36.2 Å². The normalized spacial score (nSPS) is 14.9. The molecule has 1 fully saturated rings. The highest BCUT2D eigenvalue weighted by Gasteiger charge is 2.25. The smallest absolute Gasteiger partial charge is 0.296 e. The number of aliphatic hydroxyl groups excluding tert-OH is 2. The summed E-state index contributed by atoms with van der Waals surface area (Å²) in [5, 5.41) is 21.5. The number of carbonyl (C=O) groups excluding carboxylic acids is 1. The van der Waals surface area contributed by atoms with Crippen LogP contribution in [0, 0.1) is 0 Å². The second-order valence-corrected chi connectivity index (χ2v) is 8.24. The monoisotopic (exact) mass is 505 g/mol. The maximum absolute atomic E-state index is 14.0. The third-order valence-electron chi connectivity index (χ3n) is 5.81. The summed E-state index contributed by atoms with van der Waals surface area (Å²) < 4.78 is 34.7. The summed E-state index contributed by atoms with van der Waals surface area (Å²) in [5.41, 5.74) is 0.868. The van der Waals surface area contributed by atoms with E-state index in [1.165, 1.54) is 9.47 Å². The number of aliphatic hydroxyl groups is 2. The van der Waals surface area contributed by atoms with Gasteiger partial charge >= 0.3 is 0 Å². The Labute approximate surface area is 206 Å². The second kappa shape index (κ2) is 11.5. The summed E-state index contributed by atoms with van der Waals surface area (Å²) >= 11 is 0. The largest absolute Gasteiger partial charge is 0.395 e. The lowest BCUT2D eigenvalue weighted by molar-refractivity contribution is -0.132. The molecule has 1 saturated heterocycles. The van der Waals surface area contributed by atoms with Gasteiger partial charge in [-0.2, -0.15) is 9.97 Å². The number of halogens is 2. The summed E-state index contributed by atoms with van der Waals surface area (Å²) in [6.07, 6.45) is -2.85. The minimum Gasteiger partial charge on any atom is -0.395 e. The van der Waals surface area contributed by atoms with Gasteiger partial charge in [-0.25, -0.2) is 13.8 Å². The Hall–Kier alpha value is -3.42. The SMILES string of the molecule is C[C@H](Nc1nc(N2CCOCC2)cc(-n2c(C(F)F)nc3ccccc32)n1)C(=O)N(CCO)CCO. The highest BCUT2D eigenvalue weighted by molar-refractivity contribution is 5.84. The minimum atomic E-state index is -2.85. The Morgan fingerprint density at radius 1 is 1.11 bits per heavy atom. The van der Waals surface area contributed by atoms with E-state index in [0.717, 1.165) is 0 Å². The molecular formula is C23H29F2N7O4. The molecule has 1 aromatic carbocycles. The Balaban J connectivity index is 1.76. The molecule has 2 aromatic heterocycles. The zero-order valence-corrected chi connectivity index (χ0v) is 19.8.